The lowest BCUT2D eigenvalue weighted by Gasteiger charge is -2.28. The largest absolute Gasteiger partial charge is 0.294 e. The molecule has 0 saturated carbocycles. The Morgan fingerprint density at radius 1 is 0.568 bits per heavy atom. The molecule has 0 N–H and O–H groups in total. The molecule has 8 rings (SSSR count). The number of benzene rings is 5. The topological polar surface area (TPSA) is 33.5 Å². The number of aromatic nitrogens is 2. The minimum Gasteiger partial charge on any atom is -0.294 e. The van der Waals surface area contributed by atoms with Gasteiger partial charge >= 0.3 is 0 Å². The molecule has 0 radical (unpaired) electrons. The Hall–Kier alpha value is -5.39. The average molecular weight is 573 g/mol. The van der Waals surface area contributed by atoms with Gasteiger partial charge in [-0.3, -0.25) is 4.57 Å². The lowest BCUT2D eigenvalue weighted by atomic mass is 9.77. The normalized spacial score (nSPS) is 13.2. The molecule has 44 heavy (non-hydrogen) atoms. The predicted octanol–water partition coefficient (Wildman–Crippen LogP) is 9.95. The Labute approximate surface area is 257 Å². The molecule has 5 aromatic carbocycles. The van der Waals surface area contributed by atoms with Crippen LogP contribution >= 0.6 is 0 Å². The van der Waals surface area contributed by atoms with E-state index in [0.717, 1.165) is 39.6 Å². The van der Waals surface area contributed by atoms with Crippen LogP contribution in [0, 0.1) is 6.92 Å². The van der Waals surface area contributed by atoms with E-state index in [1.165, 1.54) is 27.5 Å². The van der Waals surface area contributed by atoms with E-state index in [0.29, 0.717) is 0 Å². The molecular weight excluding hydrogens is 540 g/mol. The molecule has 3 heterocycles. The number of hydrogen-bond acceptors (Lipinski definition) is 4. The van der Waals surface area contributed by atoms with Crippen LogP contribution in [-0.4, -0.2) is 9.55 Å². The maximum atomic E-state index is 6.50. The van der Waals surface area contributed by atoms with E-state index in [9.17, 15) is 0 Å². The third kappa shape index (κ3) is 4.16. The van der Waals surface area contributed by atoms with Gasteiger partial charge in [0.1, 0.15) is 5.82 Å². The molecule has 214 valence electrons. The SMILES string of the molecule is Cc1ccnc(-n2c3ccccc3c3ccc(C(C)(C)c4cccc(N5ON(c6ccccc6)c6ccccc65)c4)cc32)c1. The number of pyridine rings is 1. The van der Waals surface area contributed by atoms with Gasteiger partial charge in [0, 0.05) is 22.4 Å². The van der Waals surface area contributed by atoms with Crippen LogP contribution in [0.5, 0.6) is 0 Å². The second kappa shape index (κ2) is 10.1. The summed E-state index contributed by atoms with van der Waals surface area (Å²) < 4.78 is 2.29. The van der Waals surface area contributed by atoms with E-state index in [-0.39, 0.29) is 5.41 Å². The van der Waals surface area contributed by atoms with Gasteiger partial charge in [-0.2, -0.15) is 10.1 Å². The molecule has 0 atom stereocenters. The van der Waals surface area contributed by atoms with Crippen LogP contribution < -0.4 is 10.1 Å². The second-order valence-corrected chi connectivity index (χ2v) is 11.9. The number of hydrogen-bond donors (Lipinski definition) is 0. The molecule has 2 aromatic heterocycles. The molecule has 0 aliphatic carbocycles. The lowest BCUT2D eigenvalue weighted by Crippen LogP contribution is -2.22. The Kier molecular flexibility index (Phi) is 6.03. The third-order valence-electron chi connectivity index (χ3n) is 8.80. The van der Waals surface area contributed by atoms with Crippen LogP contribution in [0.4, 0.5) is 22.7 Å². The Morgan fingerprint density at radius 2 is 1.23 bits per heavy atom. The molecule has 1 aliphatic heterocycles. The first-order valence-corrected chi connectivity index (χ1v) is 15.0. The van der Waals surface area contributed by atoms with Crippen LogP contribution in [0.3, 0.4) is 0 Å². The zero-order valence-corrected chi connectivity index (χ0v) is 25.0. The summed E-state index contributed by atoms with van der Waals surface area (Å²) in [6.45, 7) is 6.70. The van der Waals surface area contributed by atoms with Crippen LogP contribution in [0.1, 0.15) is 30.5 Å². The molecule has 7 aromatic rings. The predicted molar refractivity (Wildman–Crippen MR) is 180 cm³/mol. The first-order chi connectivity index (χ1) is 21.5. The lowest BCUT2D eigenvalue weighted by molar-refractivity contribution is 0.156. The van der Waals surface area contributed by atoms with Crippen molar-refractivity contribution in [3.63, 3.8) is 0 Å². The van der Waals surface area contributed by atoms with E-state index < -0.39 is 0 Å². The van der Waals surface area contributed by atoms with Gasteiger partial charge in [-0.15, -0.1) is 4.94 Å². The summed E-state index contributed by atoms with van der Waals surface area (Å²) in [5.41, 5.74) is 9.60. The van der Waals surface area contributed by atoms with Crippen molar-refractivity contribution in [2.24, 2.45) is 0 Å². The molecule has 0 unspecified atom stereocenters. The van der Waals surface area contributed by atoms with Crippen LogP contribution in [0.25, 0.3) is 27.6 Å². The van der Waals surface area contributed by atoms with Gasteiger partial charge in [0.2, 0.25) is 0 Å². The fourth-order valence-corrected chi connectivity index (χ4v) is 6.35. The van der Waals surface area contributed by atoms with E-state index in [2.05, 4.69) is 128 Å². The smallest absolute Gasteiger partial charge is 0.137 e. The van der Waals surface area contributed by atoms with Gasteiger partial charge in [-0.05, 0) is 84.3 Å². The van der Waals surface area contributed by atoms with Gasteiger partial charge < -0.3 is 0 Å². The summed E-state index contributed by atoms with van der Waals surface area (Å²) in [6.07, 6.45) is 1.89. The molecule has 5 heteroatoms. The first kappa shape index (κ1) is 26.3. The zero-order chi connectivity index (χ0) is 29.8. The van der Waals surface area contributed by atoms with Gasteiger partial charge in [0.25, 0.3) is 0 Å². The summed E-state index contributed by atoms with van der Waals surface area (Å²) in [5.74, 6) is 0.931. The monoisotopic (exact) mass is 572 g/mol. The van der Waals surface area contributed by atoms with E-state index >= 15 is 0 Å². The molecule has 1 aliphatic rings. The van der Waals surface area contributed by atoms with E-state index in [1.807, 2.05) is 46.7 Å². The van der Waals surface area contributed by atoms with Gasteiger partial charge in [-0.1, -0.05) is 86.6 Å². The number of anilines is 4. The first-order valence-electron chi connectivity index (χ1n) is 15.0. The van der Waals surface area contributed by atoms with Crippen molar-refractivity contribution in [3.8, 4) is 5.82 Å². The second-order valence-electron chi connectivity index (χ2n) is 11.9. The third-order valence-corrected chi connectivity index (χ3v) is 8.80. The summed E-state index contributed by atoms with van der Waals surface area (Å²) in [5, 5.41) is 6.26. The zero-order valence-electron chi connectivity index (χ0n) is 25.0. The molecule has 5 nitrogen and oxygen atoms in total. The highest BCUT2D eigenvalue weighted by molar-refractivity contribution is 6.09. The fourth-order valence-electron chi connectivity index (χ4n) is 6.35. The molecular formula is C39H32N4O. The summed E-state index contributed by atoms with van der Waals surface area (Å²) in [4.78, 5) is 11.3. The molecule has 0 saturated heterocycles. The Bertz CT molecular complexity index is 2170. The number of rotatable bonds is 5. The number of fused-ring (bicyclic) bond motifs is 4. The van der Waals surface area contributed by atoms with Crippen molar-refractivity contribution in [2.75, 3.05) is 10.1 Å². The highest BCUT2D eigenvalue weighted by atomic mass is 16.8. The molecule has 0 spiro atoms. The highest BCUT2D eigenvalue weighted by Crippen LogP contribution is 2.46. The fraction of sp³-hybridized carbons (Fsp3) is 0.103. The maximum Gasteiger partial charge on any atom is 0.137 e. The number of aryl methyl sites for hydroxylation is 1. The van der Waals surface area contributed by atoms with Crippen molar-refractivity contribution >= 4 is 44.6 Å². The maximum absolute atomic E-state index is 6.50. The summed E-state index contributed by atoms with van der Waals surface area (Å²) >= 11 is 0. The van der Waals surface area contributed by atoms with Gasteiger partial charge in [-0.25, -0.2) is 4.98 Å². The van der Waals surface area contributed by atoms with Crippen LogP contribution in [0.2, 0.25) is 0 Å². The van der Waals surface area contributed by atoms with Gasteiger partial charge in [0.15, 0.2) is 0 Å². The molecule has 0 amide bonds. The average Bonchev–Trinajstić information content (AvgIpc) is 3.61. The highest BCUT2D eigenvalue weighted by Gasteiger charge is 2.31. The van der Waals surface area contributed by atoms with Gasteiger partial charge in [0.05, 0.1) is 33.8 Å². The van der Waals surface area contributed by atoms with Crippen molar-refractivity contribution in [2.45, 2.75) is 26.2 Å². The summed E-state index contributed by atoms with van der Waals surface area (Å²) in [6, 6.07) is 46.8. The van der Waals surface area contributed by atoms with Crippen molar-refractivity contribution < 1.29 is 4.94 Å². The number of para-hydroxylation sites is 4. The number of nitrogens with zero attached hydrogens (tertiary/aromatic N) is 4. The van der Waals surface area contributed by atoms with E-state index in [1.54, 1.807) is 0 Å². The quantitative estimate of drug-likeness (QED) is 0.206. The molecule has 0 fully saturated rings. The minimum absolute atomic E-state index is 0.288. The van der Waals surface area contributed by atoms with Crippen molar-refractivity contribution in [3.05, 3.63) is 156 Å². The van der Waals surface area contributed by atoms with Crippen molar-refractivity contribution in [1.82, 2.24) is 9.55 Å². The standard InChI is InChI=1S/C39H32N4O/c1-27-22-23-40-38(24-27)41-34-17-8-7-16-32(34)33-21-20-29(26-37(33)41)39(2,3)28-12-11-15-31(25-28)43-36-19-10-9-18-35(36)42(44-43)30-13-5-4-6-14-30/h4-26H,1-3H3. The van der Waals surface area contributed by atoms with Crippen molar-refractivity contribution in [1.29, 1.82) is 0 Å². The molecule has 0 bridgehead atoms. The van der Waals surface area contributed by atoms with Crippen LogP contribution in [-0.2, 0) is 10.4 Å². The van der Waals surface area contributed by atoms with E-state index in [4.69, 9.17) is 9.92 Å². The Balaban J connectivity index is 1.22. The minimum atomic E-state index is -0.288. The Morgan fingerprint density at radius 3 is 2.02 bits per heavy atom. The summed E-state index contributed by atoms with van der Waals surface area (Å²) in [7, 11) is 0. The van der Waals surface area contributed by atoms with Crippen LogP contribution in [0.15, 0.2) is 140 Å².